The lowest BCUT2D eigenvalue weighted by molar-refractivity contribution is -0.137. The Morgan fingerprint density at radius 1 is 1.08 bits per heavy atom. The number of hydrogen-bond donors (Lipinski definition) is 2. The Hall–Kier alpha value is -2.21. The van der Waals surface area contributed by atoms with E-state index in [1.165, 1.54) is 12.1 Å². The summed E-state index contributed by atoms with van der Waals surface area (Å²) in [6, 6.07) is 10.7. The summed E-state index contributed by atoms with van der Waals surface area (Å²) >= 11 is 0. The van der Waals surface area contributed by atoms with Gasteiger partial charge in [-0.2, -0.15) is 13.2 Å². The van der Waals surface area contributed by atoms with Gasteiger partial charge in [0.1, 0.15) is 5.75 Å². The summed E-state index contributed by atoms with van der Waals surface area (Å²) in [5.74, 6) is 0.237. The number of alkyl halides is 3. The van der Waals surface area contributed by atoms with Crippen LogP contribution in [0.5, 0.6) is 5.75 Å². The van der Waals surface area contributed by atoms with Crippen LogP contribution in [0, 0.1) is 5.92 Å². The Kier molecular flexibility index (Phi) is 3.87. The third-order valence-electron chi connectivity index (χ3n) is 5.04. The van der Waals surface area contributed by atoms with E-state index in [1.807, 2.05) is 12.1 Å². The Balaban J connectivity index is 1.76. The summed E-state index contributed by atoms with van der Waals surface area (Å²) in [5.41, 5.74) is 1.59. The van der Waals surface area contributed by atoms with Gasteiger partial charge in [0.05, 0.1) is 17.7 Å². The zero-order valence-electron chi connectivity index (χ0n) is 13.4. The fraction of sp³-hybridized carbons (Fsp3) is 0.368. The Morgan fingerprint density at radius 3 is 2.56 bits per heavy atom. The first-order valence-electron chi connectivity index (χ1n) is 8.32. The van der Waals surface area contributed by atoms with Crippen molar-refractivity contribution in [2.45, 2.75) is 31.2 Å². The first kappa shape index (κ1) is 16.3. The average molecular weight is 349 g/mol. The Labute approximate surface area is 143 Å². The molecule has 0 saturated carbocycles. The first-order valence-corrected chi connectivity index (χ1v) is 8.32. The van der Waals surface area contributed by atoms with Gasteiger partial charge in [-0.1, -0.05) is 12.1 Å². The van der Waals surface area contributed by atoms with Crippen molar-refractivity contribution in [3.05, 3.63) is 59.2 Å². The van der Waals surface area contributed by atoms with Gasteiger partial charge >= 0.3 is 6.18 Å². The highest BCUT2D eigenvalue weighted by Crippen LogP contribution is 2.50. The van der Waals surface area contributed by atoms with E-state index in [4.69, 9.17) is 4.74 Å². The topological polar surface area (TPSA) is 41.5 Å². The van der Waals surface area contributed by atoms with Gasteiger partial charge in [0.25, 0.3) is 0 Å². The molecule has 1 unspecified atom stereocenters. The summed E-state index contributed by atoms with van der Waals surface area (Å²) in [4.78, 5) is 0. The van der Waals surface area contributed by atoms with E-state index in [9.17, 15) is 18.3 Å². The molecule has 0 radical (unpaired) electrons. The van der Waals surface area contributed by atoms with Crippen molar-refractivity contribution < 1.29 is 23.0 Å². The molecule has 132 valence electrons. The van der Waals surface area contributed by atoms with Crippen LogP contribution in [0.15, 0.2) is 42.5 Å². The van der Waals surface area contributed by atoms with E-state index in [0.717, 1.165) is 24.5 Å². The minimum absolute atomic E-state index is 0.0503. The predicted octanol–water partition coefficient (Wildman–Crippen LogP) is 5.05. The molecule has 1 saturated heterocycles. The molecule has 25 heavy (non-hydrogen) atoms. The molecule has 4 rings (SSSR count). The van der Waals surface area contributed by atoms with Gasteiger partial charge in [-0.25, -0.2) is 0 Å². The summed E-state index contributed by atoms with van der Waals surface area (Å²) in [5, 5.41) is 12.9. The summed E-state index contributed by atoms with van der Waals surface area (Å²) < 4.78 is 45.1. The van der Waals surface area contributed by atoms with Crippen molar-refractivity contribution in [2.24, 2.45) is 5.92 Å². The molecule has 3 atom stereocenters. The largest absolute Gasteiger partial charge is 0.508 e. The lowest BCUT2D eigenvalue weighted by atomic mass is 9.77. The number of rotatable bonds is 1. The molecule has 2 heterocycles. The van der Waals surface area contributed by atoms with Crippen LogP contribution in [0.2, 0.25) is 0 Å². The summed E-state index contributed by atoms with van der Waals surface area (Å²) in [6.45, 7) is 0.555. The van der Waals surface area contributed by atoms with Gasteiger partial charge in [0.2, 0.25) is 0 Å². The van der Waals surface area contributed by atoms with Crippen molar-refractivity contribution >= 4 is 5.69 Å². The van der Waals surface area contributed by atoms with Gasteiger partial charge < -0.3 is 15.2 Å². The van der Waals surface area contributed by atoms with Gasteiger partial charge in [-0.05, 0) is 48.7 Å². The van der Waals surface area contributed by atoms with Gasteiger partial charge in [-0.15, -0.1) is 0 Å². The SMILES string of the molecule is Oc1ccc(C2Nc3ccc(C(F)(F)F)cc3[C@@H]3OCCC[C@H]23)cc1. The van der Waals surface area contributed by atoms with Crippen molar-refractivity contribution in [3.63, 3.8) is 0 Å². The normalized spacial score (nSPS) is 25.6. The number of fused-ring (bicyclic) bond motifs is 3. The molecule has 2 aliphatic rings. The van der Waals surface area contributed by atoms with Crippen LogP contribution in [0.25, 0.3) is 0 Å². The molecular formula is C19H18F3NO2. The van der Waals surface area contributed by atoms with Crippen LogP contribution in [-0.2, 0) is 10.9 Å². The van der Waals surface area contributed by atoms with Gasteiger partial charge in [-0.3, -0.25) is 0 Å². The summed E-state index contributed by atoms with van der Waals surface area (Å²) in [6.07, 6.45) is -2.97. The lowest BCUT2D eigenvalue weighted by Crippen LogP contribution is -2.36. The number of phenols is 1. The standard InChI is InChI=1S/C19H18F3NO2/c20-19(21,22)12-5-8-16-15(10-12)18-14(2-1-9-25-18)17(23-16)11-3-6-13(24)7-4-11/h3-8,10,14,17-18,23-24H,1-2,9H2/t14-,17?,18-/m1/s1. The van der Waals surface area contributed by atoms with E-state index in [0.29, 0.717) is 17.9 Å². The highest BCUT2D eigenvalue weighted by molar-refractivity contribution is 5.58. The highest BCUT2D eigenvalue weighted by Gasteiger charge is 2.41. The molecule has 6 heteroatoms. The maximum Gasteiger partial charge on any atom is 0.416 e. The van der Waals surface area contributed by atoms with E-state index < -0.39 is 11.7 Å². The second-order valence-electron chi connectivity index (χ2n) is 6.61. The van der Waals surface area contributed by atoms with E-state index in [2.05, 4.69) is 5.32 Å². The minimum Gasteiger partial charge on any atom is -0.508 e. The molecule has 2 aromatic rings. The maximum absolute atomic E-state index is 13.1. The smallest absolute Gasteiger partial charge is 0.416 e. The van der Waals surface area contributed by atoms with Crippen LogP contribution in [0.3, 0.4) is 0 Å². The zero-order valence-corrected chi connectivity index (χ0v) is 13.4. The van der Waals surface area contributed by atoms with Crippen molar-refractivity contribution in [1.29, 1.82) is 0 Å². The maximum atomic E-state index is 13.1. The molecule has 2 aliphatic heterocycles. The van der Waals surface area contributed by atoms with Gasteiger partial charge in [0.15, 0.2) is 0 Å². The number of phenolic OH excluding ortho intramolecular Hbond substituents is 1. The number of benzene rings is 2. The second-order valence-corrected chi connectivity index (χ2v) is 6.61. The number of nitrogens with one attached hydrogen (secondary N) is 1. The molecule has 0 aliphatic carbocycles. The van der Waals surface area contributed by atoms with E-state index in [-0.39, 0.29) is 23.8 Å². The molecule has 1 fully saturated rings. The second kappa shape index (κ2) is 5.95. The van der Waals surface area contributed by atoms with Crippen LogP contribution < -0.4 is 5.32 Å². The van der Waals surface area contributed by atoms with E-state index >= 15 is 0 Å². The summed E-state index contributed by atoms with van der Waals surface area (Å²) in [7, 11) is 0. The lowest BCUT2D eigenvalue weighted by Gasteiger charge is -2.43. The number of ether oxygens (including phenoxy) is 1. The highest BCUT2D eigenvalue weighted by atomic mass is 19.4. The third-order valence-corrected chi connectivity index (χ3v) is 5.04. The molecule has 0 aromatic heterocycles. The number of hydrogen-bond acceptors (Lipinski definition) is 3. The Bertz CT molecular complexity index is 773. The van der Waals surface area contributed by atoms with Crippen LogP contribution in [0.4, 0.5) is 18.9 Å². The number of halogens is 3. The van der Waals surface area contributed by atoms with Crippen LogP contribution in [-0.4, -0.2) is 11.7 Å². The quantitative estimate of drug-likeness (QED) is 0.757. The number of anilines is 1. The van der Waals surface area contributed by atoms with E-state index in [1.54, 1.807) is 12.1 Å². The predicted molar refractivity (Wildman–Crippen MR) is 87.3 cm³/mol. The molecule has 0 amide bonds. The van der Waals surface area contributed by atoms with Crippen molar-refractivity contribution in [2.75, 3.05) is 11.9 Å². The molecule has 2 aromatic carbocycles. The van der Waals surface area contributed by atoms with Crippen LogP contribution >= 0.6 is 0 Å². The molecule has 0 bridgehead atoms. The molecule has 0 spiro atoms. The monoisotopic (exact) mass is 349 g/mol. The fourth-order valence-corrected chi connectivity index (χ4v) is 3.86. The zero-order chi connectivity index (χ0) is 17.6. The fourth-order valence-electron chi connectivity index (χ4n) is 3.86. The molecule has 2 N–H and O–H groups in total. The molecule has 3 nitrogen and oxygen atoms in total. The van der Waals surface area contributed by atoms with Gasteiger partial charge in [0, 0.05) is 23.8 Å². The van der Waals surface area contributed by atoms with Crippen LogP contribution in [0.1, 0.15) is 41.7 Å². The number of aromatic hydroxyl groups is 1. The Morgan fingerprint density at radius 2 is 1.84 bits per heavy atom. The van der Waals surface area contributed by atoms with Crippen molar-refractivity contribution in [1.82, 2.24) is 0 Å². The third kappa shape index (κ3) is 2.95. The van der Waals surface area contributed by atoms with Crippen molar-refractivity contribution in [3.8, 4) is 5.75 Å². The molecular weight excluding hydrogens is 331 g/mol. The minimum atomic E-state index is -4.37. The first-order chi connectivity index (χ1) is 11.9. The average Bonchev–Trinajstić information content (AvgIpc) is 2.60.